The van der Waals surface area contributed by atoms with Crippen molar-refractivity contribution in [2.75, 3.05) is 0 Å². The minimum absolute atomic E-state index is 0. The smallest absolute Gasteiger partial charge is 0.0239 e. The molecule has 1 fully saturated rings. The summed E-state index contributed by atoms with van der Waals surface area (Å²) in [5.41, 5.74) is 5.95. The Morgan fingerprint density at radius 1 is 0.880 bits per heavy atom. The van der Waals surface area contributed by atoms with Crippen LogP contribution in [0.4, 0.5) is 0 Å². The van der Waals surface area contributed by atoms with Crippen LogP contribution in [0.3, 0.4) is 0 Å². The van der Waals surface area contributed by atoms with Crippen LogP contribution in [-0.4, -0.2) is 4.98 Å². The Labute approximate surface area is 163 Å². The van der Waals surface area contributed by atoms with Crippen molar-refractivity contribution in [3.63, 3.8) is 0 Å². The van der Waals surface area contributed by atoms with Crippen molar-refractivity contribution in [3.8, 4) is 11.3 Å². The molecule has 1 nitrogen and oxygen atoms in total. The van der Waals surface area contributed by atoms with E-state index in [1.807, 2.05) is 6.20 Å². The summed E-state index contributed by atoms with van der Waals surface area (Å²) in [7, 11) is 0. The molecule has 129 valence electrons. The summed E-state index contributed by atoms with van der Waals surface area (Å²) in [6.07, 6.45) is 7.24. The first-order valence-corrected chi connectivity index (χ1v) is 8.99. The van der Waals surface area contributed by atoms with E-state index in [0.717, 1.165) is 11.3 Å². The van der Waals surface area contributed by atoms with Crippen molar-refractivity contribution >= 4 is 10.8 Å². The third-order valence-electron chi connectivity index (χ3n) is 6.62. The maximum absolute atomic E-state index is 4.70. The first-order valence-electron chi connectivity index (χ1n) is 8.99. The number of nitrogens with zero attached hydrogens (tertiary/aromatic N) is 1. The van der Waals surface area contributed by atoms with E-state index in [-0.39, 0.29) is 20.1 Å². The zero-order chi connectivity index (χ0) is 16.4. The molecule has 0 N–H and O–H groups in total. The Kier molecular flexibility index (Phi) is 3.90. The predicted octanol–water partition coefficient (Wildman–Crippen LogP) is 5.80. The van der Waals surface area contributed by atoms with Gasteiger partial charge >= 0.3 is 0 Å². The van der Waals surface area contributed by atoms with Crippen molar-refractivity contribution in [2.24, 2.45) is 0 Å². The summed E-state index contributed by atoms with van der Waals surface area (Å²) >= 11 is 0. The van der Waals surface area contributed by atoms with E-state index in [4.69, 9.17) is 4.98 Å². The third-order valence-corrected chi connectivity index (χ3v) is 6.62. The fourth-order valence-corrected chi connectivity index (χ4v) is 4.76. The molecular formula is C23H22IrN-. The van der Waals surface area contributed by atoms with Crippen LogP contribution >= 0.6 is 0 Å². The van der Waals surface area contributed by atoms with Gasteiger partial charge in [-0.05, 0) is 40.1 Å². The van der Waals surface area contributed by atoms with Crippen molar-refractivity contribution in [1.82, 2.24) is 4.98 Å². The Morgan fingerprint density at radius 3 is 2.24 bits per heavy atom. The van der Waals surface area contributed by atoms with E-state index < -0.39 is 0 Å². The van der Waals surface area contributed by atoms with Gasteiger partial charge in [0.05, 0.1) is 0 Å². The number of fused-ring (bicyclic) bond motifs is 3. The summed E-state index contributed by atoms with van der Waals surface area (Å²) in [6, 6.07) is 18.8. The summed E-state index contributed by atoms with van der Waals surface area (Å²) in [6.45, 7) is 4.88. The normalized spacial score (nSPS) is 27.0. The Bertz CT molecular complexity index is 951. The Morgan fingerprint density at radius 2 is 1.52 bits per heavy atom. The number of rotatable bonds is 1. The quantitative estimate of drug-likeness (QED) is 0.382. The topological polar surface area (TPSA) is 12.9 Å². The number of hydrogen-bond acceptors (Lipinski definition) is 1. The van der Waals surface area contributed by atoms with Crippen molar-refractivity contribution in [3.05, 3.63) is 65.9 Å². The second-order valence-electron chi connectivity index (χ2n) is 8.21. The number of pyridine rings is 1. The van der Waals surface area contributed by atoms with Crippen LogP contribution in [0.25, 0.3) is 22.0 Å². The van der Waals surface area contributed by atoms with Gasteiger partial charge in [-0.1, -0.05) is 57.0 Å². The van der Waals surface area contributed by atoms with Gasteiger partial charge in [-0.3, -0.25) is 0 Å². The molecule has 3 aliphatic rings. The van der Waals surface area contributed by atoms with Crippen LogP contribution in [-0.2, 0) is 30.9 Å². The molecule has 2 heteroatoms. The molecule has 1 aromatic heterocycles. The van der Waals surface area contributed by atoms with Gasteiger partial charge < -0.3 is 4.98 Å². The van der Waals surface area contributed by atoms with Crippen LogP contribution in [0.2, 0.25) is 0 Å². The SMILES string of the molecule is CC12CCC(C)(CC1)c1cc(-c3cc4ccccc4cn3)[c-]cc12.[Ir]. The average molecular weight is 505 g/mol. The molecule has 1 saturated carbocycles. The molecule has 0 unspecified atom stereocenters. The molecule has 25 heavy (non-hydrogen) atoms. The van der Waals surface area contributed by atoms with Crippen molar-refractivity contribution < 1.29 is 20.1 Å². The maximum Gasteiger partial charge on any atom is 0.0239 e. The van der Waals surface area contributed by atoms with Crippen LogP contribution in [0, 0.1) is 6.07 Å². The molecule has 1 heterocycles. The van der Waals surface area contributed by atoms with Crippen LogP contribution in [0.1, 0.15) is 50.7 Å². The van der Waals surface area contributed by atoms with Gasteiger partial charge in [-0.15, -0.1) is 34.9 Å². The van der Waals surface area contributed by atoms with E-state index in [1.165, 1.54) is 42.0 Å². The van der Waals surface area contributed by atoms with E-state index in [2.05, 4.69) is 62.4 Å². The standard InChI is InChI=1S/C23H22N.Ir/c1-22-9-11-23(2,12-10-22)20-13-17(7-8-19(20)22)21-14-16-5-3-4-6-18(16)15-24-21;/h3-6,8,13-15H,9-12H2,1-2H3;/q-1;. The molecule has 3 aliphatic carbocycles. The molecule has 0 saturated heterocycles. The molecule has 0 amide bonds. The molecule has 2 aromatic carbocycles. The summed E-state index contributed by atoms with van der Waals surface area (Å²) in [5.74, 6) is 0. The number of hydrogen-bond donors (Lipinski definition) is 0. The van der Waals surface area contributed by atoms with Crippen LogP contribution in [0.5, 0.6) is 0 Å². The second kappa shape index (κ2) is 5.76. The first kappa shape index (κ1) is 16.9. The largest absolute Gasteiger partial charge is 0.304 e. The van der Waals surface area contributed by atoms with E-state index in [9.17, 15) is 0 Å². The zero-order valence-electron chi connectivity index (χ0n) is 14.7. The summed E-state index contributed by atoms with van der Waals surface area (Å²) in [5, 5.41) is 2.44. The van der Waals surface area contributed by atoms with Gasteiger partial charge in [-0.25, -0.2) is 0 Å². The molecule has 1 radical (unpaired) electrons. The number of benzene rings is 2. The Hall–Kier alpha value is -1.50. The van der Waals surface area contributed by atoms with Crippen LogP contribution in [0.15, 0.2) is 48.7 Å². The van der Waals surface area contributed by atoms with E-state index >= 15 is 0 Å². The van der Waals surface area contributed by atoms with Gasteiger partial charge in [0.25, 0.3) is 0 Å². The monoisotopic (exact) mass is 505 g/mol. The predicted molar refractivity (Wildman–Crippen MR) is 99.2 cm³/mol. The minimum atomic E-state index is 0. The molecule has 0 atom stereocenters. The van der Waals surface area contributed by atoms with Gasteiger partial charge in [-0.2, -0.15) is 0 Å². The molecule has 0 aliphatic heterocycles. The molecular weight excluding hydrogens is 482 g/mol. The zero-order valence-corrected chi connectivity index (χ0v) is 17.1. The summed E-state index contributed by atoms with van der Waals surface area (Å²) in [4.78, 5) is 4.70. The first-order chi connectivity index (χ1) is 11.6. The van der Waals surface area contributed by atoms with Crippen molar-refractivity contribution in [1.29, 1.82) is 0 Å². The minimum Gasteiger partial charge on any atom is -0.304 e. The summed E-state index contributed by atoms with van der Waals surface area (Å²) < 4.78 is 0. The molecule has 2 bridgehead atoms. The van der Waals surface area contributed by atoms with Gasteiger partial charge in [0.2, 0.25) is 0 Å². The average Bonchev–Trinajstić information content (AvgIpc) is 2.63. The Balaban J connectivity index is 0.00000157. The van der Waals surface area contributed by atoms with Crippen molar-refractivity contribution in [2.45, 2.75) is 50.4 Å². The molecule has 0 spiro atoms. The fraction of sp³-hybridized carbons (Fsp3) is 0.348. The van der Waals surface area contributed by atoms with E-state index in [0.29, 0.717) is 10.8 Å². The second-order valence-corrected chi connectivity index (χ2v) is 8.21. The van der Waals surface area contributed by atoms with Gasteiger partial charge in [0, 0.05) is 26.3 Å². The number of aromatic nitrogens is 1. The van der Waals surface area contributed by atoms with Gasteiger partial charge in [0.1, 0.15) is 0 Å². The van der Waals surface area contributed by atoms with Gasteiger partial charge in [0.15, 0.2) is 0 Å². The fourth-order valence-electron chi connectivity index (χ4n) is 4.76. The third kappa shape index (κ3) is 2.50. The molecule has 6 rings (SSSR count). The molecule has 3 aromatic rings. The van der Waals surface area contributed by atoms with Crippen LogP contribution < -0.4 is 0 Å². The maximum atomic E-state index is 4.70. The van der Waals surface area contributed by atoms with E-state index in [1.54, 1.807) is 5.56 Å².